The van der Waals surface area contributed by atoms with E-state index in [1.54, 1.807) is 12.3 Å². The maximum Gasteiger partial charge on any atom is 0.0497 e. The number of nitrogens with zero attached hydrogens (tertiary/aromatic N) is 1. The molecule has 0 fully saturated rings. The first-order chi connectivity index (χ1) is 5.31. The largest absolute Gasteiger partial charge is 0.397 e. The highest BCUT2D eigenvalue weighted by molar-refractivity contribution is 5.70. The fourth-order valence-electron chi connectivity index (χ4n) is 0.243. The van der Waals surface area contributed by atoms with Crippen LogP contribution in [0.25, 0.3) is 0 Å². The van der Waals surface area contributed by atoms with Gasteiger partial charge in [0, 0.05) is 18.1 Å². The van der Waals surface area contributed by atoms with Crippen LogP contribution >= 0.6 is 0 Å². The summed E-state index contributed by atoms with van der Waals surface area (Å²) in [5, 5.41) is 0. The van der Waals surface area contributed by atoms with Crippen LogP contribution in [0.1, 0.15) is 13.8 Å². The summed E-state index contributed by atoms with van der Waals surface area (Å²) in [5.41, 5.74) is 5.86. The van der Waals surface area contributed by atoms with Crippen molar-refractivity contribution in [3.05, 3.63) is 37.2 Å². The minimum absolute atomic E-state index is 0.549. The van der Waals surface area contributed by atoms with E-state index in [9.17, 15) is 0 Å². The average Bonchev–Trinajstić information content (AvgIpc) is 2.08. The predicted octanol–water partition coefficient (Wildman–Crippen LogP) is 2.26. The summed E-state index contributed by atoms with van der Waals surface area (Å²) in [6, 6.07) is 0. The monoisotopic (exact) mass is 152 g/mol. The van der Waals surface area contributed by atoms with Gasteiger partial charge in [0.2, 0.25) is 0 Å². The van der Waals surface area contributed by atoms with E-state index in [-0.39, 0.29) is 0 Å². The Bertz CT molecular complexity index is 155. The third-order valence-electron chi connectivity index (χ3n) is 0.651. The molecule has 62 valence electrons. The van der Waals surface area contributed by atoms with Crippen molar-refractivity contribution < 1.29 is 0 Å². The fourth-order valence-corrected chi connectivity index (χ4v) is 0.243. The second kappa shape index (κ2) is 11.5. The summed E-state index contributed by atoms with van der Waals surface area (Å²) < 4.78 is 0. The van der Waals surface area contributed by atoms with Gasteiger partial charge in [-0.15, -0.1) is 0 Å². The van der Waals surface area contributed by atoms with E-state index in [0.29, 0.717) is 5.70 Å². The SMILES string of the molecule is C=CC=N/C=C(/N)C=C.CC. The van der Waals surface area contributed by atoms with E-state index in [1.807, 2.05) is 13.8 Å². The summed E-state index contributed by atoms with van der Waals surface area (Å²) in [6.07, 6.45) is 6.17. The second-order valence-electron chi connectivity index (χ2n) is 1.37. The van der Waals surface area contributed by atoms with Crippen molar-refractivity contribution >= 4 is 6.21 Å². The molecule has 0 heterocycles. The standard InChI is InChI=1S/C7H10N2.C2H6/c1-3-5-9-6-7(8)4-2;1-2/h3-6H,1-2,8H2;1-2H3/b7-6+,9-5?;. The van der Waals surface area contributed by atoms with E-state index in [2.05, 4.69) is 18.2 Å². The molecule has 2 nitrogen and oxygen atoms in total. The molecule has 0 aliphatic heterocycles. The summed E-state index contributed by atoms with van der Waals surface area (Å²) in [7, 11) is 0. The van der Waals surface area contributed by atoms with Crippen LogP contribution in [0.2, 0.25) is 0 Å². The van der Waals surface area contributed by atoms with Crippen LogP contribution in [0, 0.1) is 0 Å². The molecule has 0 aromatic carbocycles. The Labute approximate surface area is 68.8 Å². The molecule has 0 bridgehead atoms. The van der Waals surface area contributed by atoms with Crippen molar-refractivity contribution in [2.75, 3.05) is 0 Å². The summed E-state index contributed by atoms with van der Waals surface area (Å²) in [5.74, 6) is 0. The first-order valence-corrected chi connectivity index (χ1v) is 3.53. The summed E-state index contributed by atoms with van der Waals surface area (Å²) in [4.78, 5) is 3.76. The normalized spacial score (nSPS) is 10.2. The van der Waals surface area contributed by atoms with Crippen molar-refractivity contribution in [1.82, 2.24) is 0 Å². The first-order valence-electron chi connectivity index (χ1n) is 3.53. The van der Waals surface area contributed by atoms with Gasteiger partial charge in [0.15, 0.2) is 0 Å². The Hall–Kier alpha value is -1.31. The third-order valence-corrected chi connectivity index (χ3v) is 0.651. The quantitative estimate of drug-likeness (QED) is 0.489. The highest BCUT2D eigenvalue weighted by atomic mass is 14.7. The Kier molecular flexibility index (Phi) is 12.9. The molecule has 0 aromatic rings. The predicted molar refractivity (Wildman–Crippen MR) is 52.5 cm³/mol. The van der Waals surface area contributed by atoms with Gasteiger partial charge < -0.3 is 5.73 Å². The van der Waals surface area contributed by atoms with Gasteiger partial charge >= 0.3 is 0 Å². The highest BCUT2D eigenvalue weighted by Crippen LogP contribution is 1.82. The summed E-state index contributed by atoms with van der Waals surface area (Å²) >= 11 is 0. The molecule has 0 rings (SSSR count). The lowest BCUT2D eigenvalue weighted by molar-refractivity contribution is 1.37. The van der Waals surface area contributed by atoms with Gasteiger partial charge in [-0.3, -0.25) is 4.99 Å². The van der Waals surface area contributed by atoms with Crippen molar-refractivity contribution in [2.24, 2.45) is 10.7 Å². The second-order valence-corrected chi connectivity index (χ2v) is 1.37. The molecule has 0 radical (unpaired) electrons. The molecule has 0 amide bonds. The van der Waals surface area contributed by atoms with Crippen LogP contribution in [-0.2, 0) is 0 Å². The Morgan fingerprint density at radius 1 is 1.36 bits per heavy atom. The van der Waals surface area contributed by atoms with Crippen LogP contribution in [-0.4, -0.2) is 6.21 Å². The zero-order chi connectivity index (χ0) is 9.11. The van der Waals surface area contributed by atoms with Crippen LogP contribution in [0.5, 0.6) is 0 Å². The number of rotatable bonds is 3. The van der Waals surface area contributed by atoms with E-state index in [4.69, 9.17) is 5.73 Å². The summed E-state index contributed by atoms with van der Waals surface area (Å²) in [6.45, 7) is 10.9. The molecule has 0 saturated heterocycles. The average molecular weight is 152 g/mol. The molecule has 0 aliphatic carbocycles. The molecular weight excluding hydrogens is 136 g/mol. The van der Waals surface area contributed by atoms with Crippen molar-refractivity contribution in [1.29, 1.82) is 0 Å². The Morgan fingerprint density at radius 3 is 2.27 bits per heavy atom. The molecule has 2 heteroatoms. The molecule has 0 spiro atoms. The maximum atomic E-state index is 5.31. The molecule has 2 N–H and O–H groups in total. The number of hydrogen-bond donors (Lipinski definition) is 1. The lowest BCUT2D eigenvalue weighted by Gasteiger charge is -1.82. The van der Waals surface area contributed by atoms with Crippen molar-refractivity contribution in [3.63, 3.8) is 0 Å². The van der Waals surface area contributed by atoms with Gasteiger partial charge in [-0.1, -0.05) is 33.1 Å². The minimum atomic E-state index is 0.549. The minimum Gasteiger partial charge on any atom is -0.397 e. The van der Waals surface area contributed by atoms with Crippen LogP contribution in [0.3, 0.4) is 0 Å². The van der Waals surface area contributed by atoms with E-state index < -0.39 is 0 Å². The smallest absolute Gasteiger partial charge is 0.0497 e. The number of aliphatic imine (C=N–C) groups is 1. The van der Waals surface area contributed by atoms with E-state index in [0.717, 1.165) is 0 Å². The van der Waals surface area contributed by atoms with Crippen LogP contribution < -0.4 is 5.73 Å². The molecule has 0 atom stereocenters. The third kappa shape index (κ3) is 12.0. The Morgan fingerprint density at radius 2 is 1.91 bits per heavy atom. The number of hydrogen-bond acceptors (Lipinski definition) is 2. The molecule has 0 unspecified atom stereocenters. The van der Waals surface area contributed by atoms with E-state index in [1.165, 1.54) is 12.3 Å². The van der Waals surface area contributed by atoms with Crippen molar-refractivity contribution in [2.45, 2.75) is 13.8 Å². The van der Waals surface area contributed by atoms with Crippen LogP contribution in [0.4, 0.5) is 0 Å². The lowest BCUT2D eigenvalue weighted by atomic mass is 10.5. The lowest BCUT2D eigenvalue weighted by Crippen LogP contribution is -1.89. The van der Waals surface area contributed by atoms with Gasteiger partial charge in [0.1, 0.15) is 0 Å². The zero-order valence-electron chi connectivity index (χ0n) is 7.25. The van der Waals surface area contributed by atoms with Gasteiger partial charge in [-0.2, -0.15) is 0 Å². The zero-order valence-corrected chi connectivity index (χ0v) is 7.25. The topological polar surface area (TPSA) is 38.4 Å². The van der Waals surface area contributed by atoms with Gasteiger partial charge in [-0.05, 0) is 6.08 Å². The van der Waals surface area contributed by atoms with Gasteiger partial charge in [0.25, 0.3) is 0 Å². The Balaban J connectivity index is 0. The maximum absolute atomic E-state index is 5.31. The molecule has 0 aromatic heterocycles. The fraction of sp³-hybridized carbons (Fsp3) is 0.222. The molecular formula is C9H16N2. The van der Waals surface area contributed by atoms with E-state index >= 15 is 0 Å². The molecule has 0 saturated carbocycles. The molecule has 11 heavy (non-hydrogen) atoms. The van der Waals surface area contributed by atoms with Gasteiger partial charge in [-0.25, -0.2) is 0 Å². The van der Waals surface area contributed by atoms with Gasteiger partial charge in [0.05, 0.1) is 0 Å². The number of allylic oxidation sites excluding steroid dienone is 2. The van der Waals surface area contributed by atoms with Crippen LogP contribution in [0.15, 0.2) is 42.2 Å². The van der Waals surface area contributed by atoms with Crippen molar-refractivity contribution in [3.8, 4) is 0 Å². The number of nitrogens with two attached hydrogens (primary N) is 1. The highest BCUT2D eigenvalue weighted by Gasteiger charge is 1.71. The first kappa shape index (κ1) is 12.4. The molecule has 0 aliphatic rings.